The van der Waals surface area contributed by atoms with E-state index in [2.05, 4.69) is 41.4 Å². The molecule has 0 bridgehead atoms. The van der Waals surface area contributed by atoms with E-state index in [0.29, 0.717) is 28.9 Å². The highest BCUT2D eigenvalue weighted by Gasteiger charge is 2.24. The van der Waals surface area contributed by atoms with Gasteiger partial charge in [0, 0.05) is 18.7 Å². The number of nitriles is 1. The summed E-state index contributed by atoms with van der Waals surface area (Å²) in [6.45, 7) is 2.80. The summed E-state index contributed by atoms with van der Waals surface area (Å²) in [4.78, 5) is 20.8. The Bertz CT molecular complexity index is 915. The molecule has 30 heavy (non-hydrogen) atoms. The number of carbonyl (C=O) groups excluding carboxylic acids is 1. The van der Waals surface area contributed by atoms with Gasteiger partial charge in [-0.05, 0) is 51.1 Å². The molecule has 0 unspecified atom stereocenters. The molecule has 2 aromatic rings. The number of aromatic nitrogens is 4. The molecule has 1 saturated carbocycles. The summed E-state index contributed by atoms with van der Waals surface area (Å²) in [5.41, 5.74) is 1.18. The van der Waals surface area contributed by atoms with Crippen molar-refractivity contribution in [1.82, 2.24) is 30.8 Å². The lowest BCUT2D eigenvalue weighted by Gasteiger charge is -2.27. The number of carbonyl (C=O) groups is 1. The number of nitrogens with one attached hydrogen (secondary N) is 4. The molecule has 0 aromatic carbocycles. The molecule has 3 heterocycles. The molecule has 10 heteroatoms. The number of nitrogens with zero attached hydrogens (tertiary/aromatic N) is 5. The molecule has 1 aliphatic heterocycles. The van der Waals surface area contributed by atoms with Gasteiger partial charge in [0.1, 0.15) is 11.9 Å². The predicted molar refractivity (Wildman–Crippen MR) is 111 cm³/mol. The maximum atomic E-state index is 12.7. The molecule has 0 radical (unpaired) electrons. The zero-order valence-corrected chi connectivity index (χ0v) is 16.7. The minimum Gasteiger partial charge on any atom is -0.383 e. The van der Waals surface area contributed by atoms with E-state index in [-0.39, 0.29) is 17.6 Å². The van der Waals surface area contributed by atoms with Crippen LogP contribution < -0.4 is 21.3 Å². The first-order valence-corrected chi connectivity index (χ1v) is 10.3. The Hall–Kier alpha value is -3.32. The quantitative estimate of drug-likeness (QED) is 0.538. The van der Waals surface area contributed by atoms with Crippen molar-refractivity contribution in [2.45, 2.75) is 38.1 Å². The molecule has 1 aliphatic carbocycles. The Labute approximate surface area is 174 Å². The summed E-state index contributed by atoms with van der Waals surface area (Å²) in [5, 5.41) is 30.0. The first-order chi connectivity index (χ1) is 14.7. The van der Waals surface area contributed by atoms with E-state index in [1.54, 1.807) is 6.07 Å². The van der Waals surface area contributed by atoms with Gasteiger partial charge in [-0.2, -0.15) is 5.26 Å². The van der Waals surface area contributed by atoms with Crippen molar-refractivity contribution >= 4 is 23.2 Å². The van der Waals surface area contributed by atoms with Crippen molar-refractivity contribution in [2.75, 3.05) is 30.3 Å². The zero-order valence-electron chi connectivity index (χ0n) is 16.7. The van der Waals surface area contributed by atoms with Gasteiger partial charge in [-0.25, -0.2) is 9.97 Å². The first kappa shape index (κ1) is 20.0. The number of hydrogen-bond donors (Lipinski definition) is 4. The minimum absolute atomic E-state index is 0.204. The van der Waals surface area contributed by atoms with Gasteiger partial charge < -0.3 is 21.3 Å². The Balaban J connectivity index is 1.50. The van der Waals surface area contributed by atoms with Crippen LogP contribution in [0.15, 0.2) is 18.5 Å². The van der Waals surface area contributed by atoms with E-state index in [4.69, 9.17) is 5.26 Å². The third-order valence-corrected chi connectivity index (χ3v) is 5.51. The SMILES string of the molecule is N#Cc1cnc(Nc2cc(NCC3CCNCC3)c(C(=O)NC3CCC3)nn2)cn1. The molecule has 2 fully saturated rings. The lowest BCUT2D eigenvalue weighted by molar-refractivity contribution is 0.0911. The van der Waals surface area contributed by atoms with Crippen LogP contribution in [0, 0.1) is 17.2 Å². The fourth-order valence-corrected chi connectivity index (χ4v) is 3.48. The monoisotopic (exact) mass is 407 g/mol. The van der Waals surface area contributed by atoms with Gasteiger partial charge >= 0.3 is 0 Å². The van der Waals surface area contributed by atoms with E-state index in [0.717, 1.165) is 51.7 Å². The van der Waals surface area contributed by atoms with E-state index in [9.17, 15) is 4.79 Å². The molecule has 10 nitrogen and oxygen atoms in total. The van der Waals surface area contributed by atoms with E-state index < -0.39 is 0 Å². The minimum atomic E-state index is -0.204. The van der Waals surface area contributed by atoms with Gasteiger partial charge in [0.05, 0.1) is 18.1 Å². The van der Waals surface area contributed by atoms with Gasteiger partial charge in [-0.1, -0.05) is 0 Å². The molecular weight excluding hydrogens is 382 g/mol. The fraction of sp³-hybridized carbons (Fsp3) is 0.500. The topological polar surface area (TPSA) is 141 Å². The molecule has 1 amide bonds. The molecule has 2 aromatic heterocycles. The second-order valence-corrected chi connectivity index (χ2v) is 7.69. The molecule has 0 atom stereocenters. The summed E-state index contributed by atoms with van der Waals surface area (Å²) in [7, 11) is 0. The summed E-state index contributed by atoms with van der Waals surface area (Å²) >= 11 is 0. The highest BCUT2D eigenvalue weighted by Crippen LogP contribution is 2.23. The number of rotatable bonds is 7. The molecule has 1 saturated heterocycles. The van der Waals surface area contributed by atoms with E-state index in [1.807, 2.05) is 6.07 Å². The lowest BCUT2D eigenvalue weighted by atomic mass is 9.93. The second kappa shape index (κ2) is 9.45. The molecular formula is C20H25N9O. The van der Waals surface area contributed by atoms with E-state index in [1.165, 1.54) is 12.4 Å². The number of anilines is 3. The molecule has 0 spiro atoms. The Kier molecular flexibility index (Phi) is 6.29. The molecule has 156 valence electrons. The number of amides is 1. The smallest absolute Gasteiger partial charge is 0.274 e. The predicted octanol–water partition coefficient (Wildman–Crippen LogP) is 1.58. The average Bonchev–Trinajstić information content (AvgIpc) is 2.76. The van der Waals surface area contributed by atoms with Crippen LogP contribution in [0.2, 0.25) is 0 Å². The largest absolute Gasteiger partial charge is 0.383 e. The Morgan fingerprint density at radius 1 is 1.13 bits per heavy atom. The van der Waals surface area contributed by atoms with Crippen LogP contribution in [0.3, 0.4) is 0 Å². The Morgan fingerprint density at radius 2 is 1.97 bits per heavy atom. The van der Waals surface area contributed by atoms with Crippen LogP contribution in [0.5, 0.6) is 0 Å². The standard InChI is InChI=1S/C20H25N9O/c21-9-15-11-25-18(12-23-15)27-17-8-16(24-10-13-4-6-22-7-5-13)19(29-28-17)20(30)26-14-2-1-3-14/h8,11-14,22H,1-7,10H2,(H,26,30)(H2,24,25,27,28). The third-order valence-electron chi connectivity index (χ3n) is 5.51. The Morgan fingerprint density at radius 3 is 2.63 bits per heavy atom. The van der Waals surface area contributed by atoms with Crippen molar-refractivity contribution < 1.29 is 4.79 Å². The van der Waals surface area contributed by atoms with Crippen molar-refractivity contribution in [3.63, 3.8) is 0 Å². The van der Waals surface area contributed by atoms with Crippen LogP contribution in [0.1, 0.15) is 48.3 Å². The first-order valence-electron chi connectivity index (χ1n) is 10.3. The second-order valence-electron chi connectivity index (χ2n) is 7.69. The average molecular weight is 407 g/mol. The van der Waals surface area contributed by atoms with Crippen LogP contribution >= 0.6 is 0 Å². The summed E-state index contributed by atoms with van der Waals surface area (Å²) in [6.07, 6.45) is 8.20. The van der Waals surface area contributed by atoms with Crippen LogP contribution in [-0.4, -0.2) is 51.7 Å². The van der Waals surface area contributed by atoms with Crippen molar-refractivity contribution in [2.24, 2.45) is 5.92 Å². The normalized spacial score (nSPS) is 16.9. The zero-order chi connectivity index (χ0) is 20.8. The van der Waals surface area contributed by atoms with Crippen LogP contribution in [0.25, 0.3) is 0 Å². The molecule has 4 rings (SSSR count). The van der Waals surface area contributed by atoms with Crippen LogP contribution in [0.4, 0.5) is 17.3 Å². The molecule has 2 aliphatic rings. The third kappa shape index (κ3) is 4.99. The van der Waals surface area contributed by atoms with E-state index >= 15 is 0 Å². The van der Waals surface area contributed by atoms with Gasteiger partial charge in [0.2, 0.25) is 0 Å². The van der Waals surface area contributed by atoms with Gasteiger partial charge in [-0.3, -0.25) is 4.79 Å². The molecule has 4 N–H and O–H groups in total. The summed E-state index contributed by atoms with van der Waals surface area (Å²) in [5.74, 6) is 1.23. The van der Waals surface area contributed by atoms with Gasteiger partial charge in [-0.15, -0.1) is 10.2 Å². The van der Waals surface area contributed by atoms with Crippen LogP contribution in [-0.2, 0) is 0 Å². The summed E-state index contributed by atoms with van der Waals surface area (Å²) < 4.78 is 0. The van der Waals surface area contributed by atoms with Crippen molar-refractivity contribution in [1.29, 1.82) is 5.26 Å². The lowest BCUT2D eigenvalue weighted by Crippen LogP contribution is -2.40. The van der Waals surface area contributed by atoms with Gasteiger partial charge in [0.15, 0.2) is 17.2 Å². The fourth-order valence-electron chi connectivity index (χ4n) is 3.48. The number of hydrogen-bond acceptors (Lipinski definition) is 9. The van der Waals surface area contributed by atoms with Gasteiger partial charge in [0.25, 0.3) is 5.91 Å². The maximum Gasteiger partial charge on any atom is 0.274 e. The summed E-state index contributed by atoms with van der Waals surface area (Å²) in [6, 6.07) is 3.92. The highest BCUT2D eigenvalue weighted by atomic mass is 16.2. The highest BCUT2D eigenvalue weighted by molar-refractivity contribution is 5.98. The van der Waals surface area contributed by atoms with Crippen molar-refractivity contribution in [3.05, 3.63) is 29.8 Å². The van der Waals surface area contributed by atoms with Crippen molar-refractivity contribution in [3.8, 4) is 6.07 Å². The maximum absolute atomic E-state index is 12.7. The number of piperidine rings is 1.